The second kappa shape index (κ2) is 5.48. The molecule has 1 aliphatic carbocycles. The van der Waals surface area contributed by atoms with Crippen LogP contribution >= 0.6 is 0 Å². The Morgan fingerprint density at radius 2 is 2.19 bits per heavy atom. The lowest BCUT2D eigenvalue weighted by Crippen LogP contribution is -2.41. The van der Waals surface area contributed by atoms with E-state index >= 15 is 0 Å². The molecule has 1 N–H and O–H groups in total. The molecule has 16 heavy (non-hydrogen) atoms. The minimum Gasteiger partial charge on any atom is -0.380 e. The maximum absolute atomic E-state index is 5.44. The minimum atomic E-state index is 0.483. The SMILES string of the molecule is CCOCC(C)NC1CC(C)N(C2CC2)C1. The van der Waals surface area contributed by atoms with Crippen molar-refractivity contribution in [3.05, 3.63) is 0 Å². The zero-order chi connectivity index (χ0) is 11.5. The van der Waals surface area contributed by atoms with Gasteiger partial charge in [-0.1, -0.05) is 0 Å². The minimum absolute atomic E-state index is 0.483. The van der Waals surface area contributed by atoms with Gasteiger partial charge in [-0.3, -0.25) is 4.90 Å². The first kappa shape index (κ1) is 12.3. The summed E-state index contributed by atoms with van der Waals surface area (Å²) in [5, 5.41) is 3.69. The Hall–Kier alpha value is -0.120. The molecule has 1 saturated carbocycles. The molecule has 1 aliphatic heterocycles. The molecule has 3 atom stereocenters. The number of likely N-dealkylation sites (tertiary alicyclic amines) is 1. The van der Waals surface area contributed by atoms with Gasteiger partial charge in [0.05, 0.1) is 6.61 Å². The summed E-state index contributed by atoms with van der Waals surface area (Å²) in [6.07, 6.45) is 4.14. The molecule has 3 unspecified atom stereocenters. The van der Waals surface area contributed by atoms with Crippen molar-refractivity contribution in [3.8, 4) is 0 Å². The summed E-state index contributed by atoms with van der Waals surface area (Å²) in [4.78, 5) is 2.69. The molecule has 0 radical (unpaired) electrons. The van der Waals surface area contributed by atoms with Crippen LogP contribution in [0.15, 0.2) is 0 Å². The van der Waals surface area contributed by atoms with E-state index in [1.54, 1.807) is 0 Å². The lowest BCUT2D eigenvalue weighted by molar-refractivity contribution is 0.123. The highest BCUT2D eigenvalue weighted by Gasteiger charge is 2.38. The fourth-order valence-corrected chi connectivity index (χ4v) is 2.84. The van der Waals surface area contributed by atoms with E-state index in [4.69, 9.17) is 4.74 Å². The summed E-state index contributed by atoms with van der Waals surface area (Å²) in [7, 11) is 0. The van der Waals surface area contributed by atoms with Gasteiger partial charge in [-0.05, 0) is 40.0 Å². The van der Waals surface area contributed by atoms with Gasteiger partial charge in [0.25, 0.3) is 0 Å². The molecule has 94 valence electrons. The van der Waals surface area contributed by atoms with Gasteiger partial charge in [0.15, 0.2) is 0 Å². The first-order valence-corrected chi connectivity index (χ1v) is 6.80. The maximum atomic E-state index is 5.44. The highest BCUT2D eigenvalue weighted by Crippen LogP contribution is 2.33. The van der Waals surface area contributed by atoms with Crippen molar-refractivity contribution < 1.29 is 4.74 Å². The Balaban J connectivity index is 1.70. The van der Waals surface area contributed by atoms with Crippen LogP contribution in [-0.2, 0) is 4.74 Å². The average Bonchev–Trinajstić information content (AvgIpc) is 3.01. The van der Waals surface area contributed by atoms with Gasteiger partial charge in [-0.15, -0.1) is 0 Å². The standard InChI is InChI=1S/C13H26N2O/c1-4-16-9-10(2)14-12-7-11(3)15(8-12)13-5-6-13/h10-14H,4-9H2,1-3H3. The van der Waals surface area contributed by atoms with Crippen molar-refractivity contribution in [2.75, 3.05) is 19.8 Å². The monoisotopic (exact) mass is 226 g/mol. The second-order valence-corrected chi connectivity index (χ2v) is 5.44. The predicted molar refractivity (Wildman–Crippen MR) is 66.7 cm³/mol. The number of ether oxygens (including phenoxy) is 1. The Labute approximate surface area is 99.5 Å². The van der Waals surface area contributed by atoms with Crippen LogP contribution < -0.4 is 5.32 Å². The van der Waals surface area contributed by atoms with E-state index in [-0.39, 0.29) is 0 Å². The number of nitrogens with one attached hydrogen (secondary N) is 1. The number of hydrogen-bond acceptors (Lipinski definition) is 3. The van der Waals surface area contributed by atoms with Crippen LogP contribution in [-0.4, -0.2) is 48.8 Å². The lowest BCUT2D eigenvalue weighted by atomic mass is 10.2. The quantitative estimate of drug-likeness (QED) is 0.745. The molecule has 0 bridgehead atoms. The molecule has 1 saturated heterocycles. The molecule has 0 aromatic heterocycles. The van der Waals surface area contributed by atoms with Crippen molar-refractivity contribution in [1.82, 2.24) is 10.2 Å². The molecule has 2 rings (SSSR count). The fraction of sp³-hybridized carbons (Fsp3) is 1.00. The van der Waals surface area contributed by atoms with Crippen LogP contribution in [0.2, 0.25) is 0 Å². The third-order valence-electron chi connectivity index (χ3n) is 3.73. The highest BCUT2D eigenvalue weighted by atomic mass is 16.5. The Kier molecular flexibility index (Phi) is 4.22. The molecule has 0 spiro atoms. The number of nitrogens with zero attached hydrogens (tertiary/aromatic N) is 1. The summed E-state index contributed by atoms with van der Waals surface area (Å²) < 4.78 is 5.44. The van der Waals surface area contributed by atoms with Crippen LogP contribution in [0.4, 0.5) is 0 Å². The van der Waals surface area contributed by atoms with Crippen molar-refractivity contribution in [2.45, 2.75) is 64.2 Å². The molecule has 2 fully saturated rings. The maximum Gasteiger partial charge on any atom is 0.0616 e. The highest BCUT2D eigenvalue weighted by molar-refractivity contribution is 4.96. The molecule has 3 heteroatoms. The van der Waals surface area contributed by atoms with E-state index in [9.17, 15) is 0 Å². The van der Waals surface area contributed by atoms with E-state index in [0.29, 0.717) is 12.1 Å². The molecular formula is C13H26N2O. The van der Waals surface area contributed by atoms with Crippen molar-refractivity contribution >= 4 is 0 Å². The van der Waals surface area contributed by atoms with Gasteiger partial charge in [0, 0.05) is 37.3 Å². The largest absolute Gasteiger partial charge is 0.380 e. The van der Waals surface area contributed by atoms with E-state index in [1.165, 1.54) is 25.8 Å². The molecule has 3 nitrogen and oxygen atoms in total. The summed E-state index contributed by atoms with van der Waals surface area (Å²) in [5.74, 6) is 0. The molecular weight excluding hydrogens is 200 g/mol. The van der Waals surface area contributed by atoms with Crippen LogP contribution in [0.25, 0.3) is 0 Å². The Morgan fingerprint density at radius 1 is 1.44 bits per heavy atom. The summed E-state index contributed by atoms with van der Waals surface area (Å²) >= 11 is 0. The van der Waals surface area contributed by atoms with Crippen LogP contribution in [0.3, 0.4) is 0 Å². The summed E-state index contributed by atoms with van der Waals surface area (Å²) in [6.45, 7) is 9.54. The number of hydrogen-bond donors (Lipinski definition) is 1. The Bertz CT molecular complexity index is 218. The van der Waals surface area contributed by atoms with Gasteiger partial charge in [-0.25, -0.2) is 0 Å². The Morgan fingerprint density at radius 3 is 2.81 bits per heavy atom. The van der Waals surface area contributed by atoms with Crippen molar-refractivity contribution in [1.29, 1.82) is 0 Å². The molecule has 0 aromatic carbocycles. The van der Waals surface area contributed by atoms with Gasteiger partial charge in [0.1, 0.15) is 0 Å². The van der Waals surface area contributed by atoms with Crippen LogP contribution in [0.5, 0.6) is 0 Å². The third kappa shape index (κ3) is 3.19. The van der Waals surface area contributed by atoms with Gasteiger partial charge >= 0.3 is 0 Å². The zero-order valence-corrected chi connectivity index (χ0v) is 10.9. The normalized spacial score (nSPS) is 33.2. The zero-order valence-electron chi connectivity index (χ0n) is 10.9. The molecule has 2 aliphatic rings. The fourth-order valence-electron chi connectivity index (χ4n) is 2.84. The first-order valence-electron chi connectivity index (χ1n) is 6.80. The first-order chi connectivity index (χ1) is 7.70. The lowest BCUT2D eigenvalue weighted by Gasteiger charge is -2.21. The smallest absolute Gasteiger partial charge is 0.0616 e. The molecule has 1 heterocycles. The van der Waals surface area contributed by atoms with E-state index in [1.807, 2.05) is 0 Å². The third-order valence-corrected chi connectivity index (χ3v) is 3.73. The van der Waals surface area contributed by atoms with Crippen LogP contribution in [0.1, 0.15) is 40.0 Å². The van der Waals surface area contributed by atoms with E-state index in [2.05, 4.69) is 31.0 Å². The van der Waals surface area contributed by atoms with Gasteiger partial charge in [0.2, 0.25) is 0 Å². The topological polar surface area (TPSA) is 24.5 Å². The van der Waals surface area contributed by atoms with Gasteiger partial charge < -0.3 is 10.1 Å². The molecule has 0 amide bonds. The summed E-state index contributed by atoms with van der Waals surface area (Å²) in [6, 6.07) is 2.83. The van der Waals surface area contributed by atoms with Crippen molar-refractivity contribution in [2.24, 2.45) is 0 Å². The van der Waals surface area contributed by atoms with Crippen molar-refractivity contribution in [3.63, 3.8) is 0 Å². The molecule has 0 aromatic rings. The second-order valence-electron chi connectivity index (χ2n) is 5.44. The average molecular weight is 226 g/mol. The van der Waals surface area contributed by atoms with Gasteiger partial charge in [-0.2, -0.15) is 0 Å². The number of rotatable bonds is 6. The van der Waals surface area contributed by atoms with Crippen LogP contribution in [0, 0.1) is 0 Å². The van der Waals surface area contributed by atoms with E-state index in [0.717, 1.165) is 25.3 Å². The predicted octanol–water partition coefficient (Wildman–Crippen LogP) is 1.63. The van der Waals surface area contributed by atoms with E-state index < -0.39 is 0 Å². The summed E-state index contributed by atoms with van der Waals surface area (Å²) in [5.41, 5.74) is 0.